The molecule has 0 bridgehead atoms. The van der Waals surface area contributed by atoms with E-state index < -0.39 is 26.5 Å². The Kier molecular flexibility index (Phi) is 6.28. The third kappa shape index (κ3) is 5.16. The largest absolute Gasteiger partial charge is 0.416 e. The van der Waals surface area contributed by atoms with E-state index in [1.165, 1.54) is 24.3 Å². The number of carbonyl (C=O) groups excluding carboxylic acids is 1. The van der Waals surface area contributed by atoms with Crippen molar-refractivity contribution in [2.24, 2.45) is 0 Å². The van der Waals surface area contributed by atoms with Gasteiger partial charge in [-0.05, 0) is 55.3 Å². The van der Waals surface area contributed by atoms with Crippen LogP contribution < -0.4 is 10.6 Å². The molecule has 9 heteroatoms. The van der Waals surface area contributed by atoms with Crippen LogP contribution in [0.2, 0.25) is 0 Å². The van der Waals surface area contributed by atoms with Gasteiger partial charge in [0.25, 0.3) is 0 Å². The van der Waals surface area contributed by atoms with Crippen LogP contribution in [0.15, 0.2) is 58.3 Å². The van der Waals surface area contributed by atoms with Gasteiger partial charge in [0, 0.05) is 6.54 Å². The van der Waals surface area contributed by atoms with E-state index in [9.17, 15) is 26.4 Å². The van der Waals surface area contributed by atoms with E-state index in [0.717, 1.165) is 44.0 Å². The van der Waals surface area contributed by atoms with Crippen molar-refractivity contribution in [2.45, 2.75) is 47.8 Å². The number of benzene rings is 2. The van der Waals surface area contributed by atoms with Crippen LogP contribution in [0.1, 0.15) is 30.4 Å². The third-order valence-corrected chi connectivity index (χ3v) is 6.57. The predicted molar refractivity (Wildman–Crippen MR) is 101 cm³/mol. The van der Waals surface area contributed by atoms with Crippen molar-refractivity contribution < 1.29 is 26.4 Å². The Morgan fingerprint density at radius 2 is 1.79 bits per heavy atom. The molecule has 1 amide bonds. The minimum Gasteiger partial charge on any atom is -0.351 e. The van der Waals surface area contributed by atoms with Crippen molar-refractivity contribution in [3.05, 3.63) is 59.7 Å². The summed E-state index contributed by atoms with van der Waals surface area (Å²) in [4.78, 5) is 11.6. The second kappa shape index (κ2) is 8.54. The summed E-state index contributed by atoms with van der Waals surface area (Å²) in [5.74, 6) is -0.106. The number of hydrogen-bond acceptors (Lipinski definition) is 4. The second-order valence-corrected chi connectivity index (χ2v) is 8.84. The second-order valence-electron chi connectivity index (χ2n) is 6.89. The van der Waals surface area contributed by atoms with E-state index in [2.05, 4.69) is 10.6 Å². The van der Waals surface area contributed by atoms with Gasteiger partial charge in [-0.15, -0.1) is 0 Å². The van der Waals surface area contributed by atoms with E-state index in [0.29, 0.717) is 11.6 Å². The minimum atomic E-state index is -4.62. The fraction of sp³-hybridized carbons (Fsp3) is 0.350. The van der Waals surface area contributed by atoms with Crippen LogP contribution in [-0.2, 0) is 27.4 Å². The summed E-state index contributed by atoms with van der Waals surface area (Å²) in [5.41, 5.74) is -0.327. The molecule has 0 aromatic heterocycles. The van der Waals surface area contributed by atoms with Crippen LogP contribution in [0.25, 0.3) is 0 Å². The molecule has 1 atom stereocenters. The molecule has 0 unspecified atom stereocenters. The summed E-state index contributed by atoms with van der Waals surface area (Å²) >= 11 is 0. The molecule has 29 heavy (non-hydrogen) atoms. The van der Waals surface area contributed by atoms with Crippen LogP contribution in [0, 0.1) is 0 Å². The highest BCUT2D eigenvalue weighted by Crippen LogP contribution is 2.32. The quantitative estimate of drug-likeness (QED) is 0.770. The van der Waals surface area contributed by atoms with Gasteiger partial charge in [0.05, 0.1) is 21.4 Å². The molecule has 1 fully saturated rings. The number of nitrogens with one attached hydrogen (secondary N) is 2. The average molecular weight is 426 g/mol. The number of carbonyl (C=O) groups is 1. The van der Waals surface area contributed by atoms with E-state index >= 15 is 0 Å². The Balaban J connectivity index is 1.70. The van der Waals surface area contributed by atoms with Crippen LogP contribution >= 0.6 is 0 Å². The van der Waals surface area contributed by atoms with Gasteiger partial charge in [-0.25, -0.2) is 8.42 Å². The lowest BCUT2D eigenvalue weighted by Crippen LogP contribution is -2.46. The molecule has 5 nitrogen and oxygen atoms in total. The van der Waals surface area contributed by atoms with Crippen molar-refractivity contribution in [3.8, 4) is 0 Å². The molecule has 2 aromatic carbocycles. The van der Waals surface area contributed by atoms with Gasteiger partial charge in [0.15, 0.2) is 0 Å². The first kappa shape index (κ1) is 21.3. The smallest absolute Gasteiger partial charge is 0.351 e. The molecule has 2 N–H and O–H groups in total. The molecule has 1 heterocycles. The fourth-order valence-electron chi connectivity index (χ4n) is 3.15. The van der Waals surface area contributed by atoms with Crippen molar-refractivity contribution in [2.75, 3.05) is 6.54 Å². The van der Waals surface area contributed by atoms with Gasteiger partial charge in [0.1, 0.15) is 0 Å². The van der Waals surface area contributed by atoms with Crippen LogP contribution in [0.4, 0.5) is 13.2 Å². The zero-order valence-electron chi connectivity index (χ0n) is 15.5. The van der Waals surface area contributed by atoms with Crippen LogP contribution in [0.5, 0.6) is 0 Å². The van der Waals surface area contributed by atoms with Gasteiger partial charge in [-0.3, -0.25) is 4.79 Å². The molecule has 156 valence electrons. The van der Waals surface area contributed by atoms with Crippen molar-refractivity contribution in [3.63, 3.8) is 0 Å². The lowest BCUT2D eigenvalue weighted by Gasteiger charge is -2.22. The molecule has 0 aliphatic carbocycles. The van der Waals surface area contributed by atoms with E-state index in [1.54, 1.807) is 0 Å². The summed E-state index contributed by atoms with van der Waals surface area (Å²) < 4.78 is 63.9. The lowest BCUT2D eigenvalue weighted by atomic mass is 10.0. The number of hydrogen-bond donors (Lipinski definition) is 2. The van der Waals surface area contributed by atoms with Gasteiger partial charge < -0.3 is 10.6 Å². The summed E-state index contributed by atoms with van der Waals surface area (Å²) in [5, 5.41) is 5.95. The van der Waals surface area contributed by atoms with Gasteiger partial charge in [0.2, 0.25) is 15.7 Å². The molecular weight excluding hydrogens is 405 g/mol. The first-order valence-corrected chi connectivity index (χ1v) is 10.7. The number of amides is 1. The topological polar surface area (TPSA) is 75.3 Å². The lowest BCUT2D eigenvalue weighted by molar-refractivity contribution is -0.137. The Hall–Kier alpha value is -2.39. The molecule has 1 saturated heterocycles. The molecule has 0 saturated carbocycles. The molecule has 0 spiro atoms. The summed E-state index contributed by atoms with van der Waals surface area (Å²) in [7, 11) is -4.08. The Morgan fingerprint density at radius 3 is 2.41 bits per heavy atom. The van der Waals surface area contributed by atoms with Gasteiger partial charge in [-0.2, -0.15) is 13.2 Å². The first-order chi connectivity index (χ1) is 13.7. The number of sulfone groups is 1. The maximum absolute atomic E-state index is 12.9. The maximum Gasteiger partial charge on any atom is 0.416 e. The number of piperidine rings is 1. The highest BCUT2D eigenvalue weighted by molar-refractivity contribution is 7.91. The van der Waals surface area contributed by atoms with Gasteiger partial charge in [-0.1, -0.05) is 24.6 Å². The normalized spacial score (nSPS) is 17.7. The Bertz CT molecular complexity index is 967. The van der Waals surface area contributed by atoms with E-state index in [-0.39, 0.29) is 23.4 Å². The van der Waals surface area contributed by atoms with Gasteiger partial charge >= 0.3 is 6.18 Å². The van der Waals surface area contributed by atoms with E-state index in [1.807, 2.05) is 0 Å². The molecule has 2 aromatic rings. The Labute approximate surface area is 167 Å². The molecule has 0 radical (unpaired) electrons. The molecular formula is C20H21F3N2O3S. The van der Waals surface area contributed by atoms with Crippen molar-refractivity contribution in [1.82, 2.24) is 10.6 Å². The Morgan fingerprint density at radius 1 is 1.07 bits per heavy atom. The predicted octanol–water partition coefficient (Wildman–Crippen LogP) is 3.30. The fourth-order valence-corrected chi connectivity index (χ4v) is 4.46. The first-order valence-electron chi connectivity index (χ1n) is 9.20. The standard InChI is InChI=1S/C20H21F3N2O3S/c21-20(22,23)15-4-3-5-17(12-15)29(27,28)16-9-7-14(8-10-16)13-25-19(26)18-6-1-2-11-24-18/h3-5,7-10,12,18,24H,1-2,6,11,13H2,(H,25,26)/t18-/m1/s1. The van der Waals surface area contributed by atoms with Crippen LogP contribution in [-0.4, -0.2) is 26.9 Å². The highest BCUT2D eigenvalue weighted by Gasteiger charge is 2.32. The maximum atomic E-state index is 12.9. The molecule has 1 aliphatic heterocycles. The average Bonchev–Trinajstić information content (AvgIpc) is 2.72. The molecule has 1 aliphatic rings. The zero-order chi connectivity index (χ0) is 21.1. The van der Waals surface area contributed by atoms with Crippen molar-refractivity contribution >= 4 is 15.7 Å². The third-order valence-electron chi connectivity index (χ3n) is 4.80. The highest BCUT2D eigenvalue weighted by atomic mass is 32.2. The molecule has 3 rings (SSSR count). The monoisotopic (exact) mass is 426 g/mol. The zero-order valence-corrected chi connectivity index (χ0v) is 16.3. The van der Waals surface area contributed by atoms with E-state index in [4.69, 9.17) is 0 Å². The summed E-state index contributed by atoms with van der Waals surface area (Å²) in [6.45, 7) is 1.04. The van der Waals surface area contributed by atoms with Crippen molar-refractivity contribution in [1.29, 1.82) is 0 Å². The van der Waals surface area contributed by atoms with Crippen LogP contribution in [0.3, 0.4) is 0 Å². The minimum absolute atomic E-state index is 0.106. The SMILES string of the molecule is O=C(NCc1ccc(S(=O)(=O)c2cccc(C(F)(F)F)c2)cc1)[C@H]1CCCCN1. The number of alkyl halides is 3. The summed E-state index contributed by atoms with van der Waals surface area (Å²) in [6, 6.07) is 9.17. The number of halogens is 3. The summed E-state index contributed by atoms with van der Waals surface area (Å²) in [6.07, 6.45) is -1.81. The number of rotatable bonds is 5.